The van der Waals surface area contributed by atoms with Crippen LogP contribution in [0.4, 0.5) is 10.1 Å². The predicted molar refractivity (Wildman–Crippen MR) is 71.0 cm³/mol. The van der Waals surface area contributed by atoms with Crippen molar-refractivity contribution in [2.24, 2.45) is 0 Å². The Labute approximate surface area is 111 Å². The van der Waals surface area contributed by atoms with Gasteiger partial charge >= 0.3 is 0 Å². The molecule has 19 heavy (non-hydrogen) atoms. The molecule has 0 unspecified atom stereocenters. The molecule has 4 heteroatoms. The monoisotopic (exact) mass is 259 g/mol. The summed E-state index contributed by atoms with van der Waals surface area (Å²) in [5.74, 6) is 1.25. The van der Waals surface area contributed by atoms with Gasteiger partial charge in [-0.3, -0.25) is 0 Å². The Morgan fingerprint density at radius 2 is 1.95 bits per heavy atom. The smallest absolute Gasteiger partial charge is 0.231 e. The summed E-state index contributed by atoms with van der Waals surface area (Å²) in [6.07, 6.45) is 0. The van der Waals surface area contributed by atoms with Crippen molar-refractivity contribution in [1.29, 1.82) is 0 Å². The minimum atomic E-state index is -0.244. The molecule has 0 spiro atoms. The van der Waals surface area contributed by atoms with Gasteiger partial charge in [0, 0.05) is 6.54 Å². The first kappa shape index (κ1) is 11.8. The van der Waals surface area contributed by atoms with E-state index in [1.807, 2.05) is 25.1 Å². The molecular weight excluding hydrogens is 245 g/mol. The number of rotatable bonds is 3. The van der Waals surface area contributed by atoms with Crippen LogP contribution in [-0.4, -0.2) is 6.79 Å². The van der Waals surface area contributed by atoms with Crippen LogP contribution in [0.2, 0.25) is 0 Å². The predicted octanol–water partition coefficient (Wildman–Crippen LogP) is 3.47. The van der Waals surface area contributed by atoms with Gasteiger partial charge in [-0.25, -0.2) is 4.39 Å². The van der Waals surface area contributed by atoms with Crippen molar-refractivity contribution in [1.82, 2.24) is 0 Å². The maximum absolute atomic E-state index is 13.6. The third-order valence-corrected chi connectivity index (χ3v) is 3.04. The fraction of sp³-hybridized carbons (Fsp3) is 0.200. The number of benzene rings is 2. The number of hydrogen-bond donors (Lipinski definition) is 1. The van der Waals surface area contributed by atoms with Gasteiger partial charge in [-0.2, -0.15) is 0 Å². The molecule has 3 nitrogen and oxygen atoms in total. The van der Waals surface area contributed by atoms with Gasteiger partial charge < -0.3 is 14.8 Å². The lowest BCUT2D eigenvalue weighted by Gasteiger charge is -2.09. The molecular formula is C15H14FNO2. The molecule has 0 saturated heterocycles. The summed E-state index contributed by atoms with van der Waals surface area (Å²) in [7, 11) is 0. The lowest BCUT2D eigenvalue weighted by atomic mass is 10.1. The molecule has 0 amide bonds. The summed E-state index contributed by atoms with van der Waals surface area (Å²) >= 11 is 0. The van der Waals surface area contributed by atoms with E-state index in [1.165, 1.54) is 6.07 Å². The summed E-state index contributed by atoms with van der Waals surface area (Å²) in [5, 5.41) is 3.09. The van der Waals surface area contributed by atoms with Crippen molar-refractivity contribution in [3.05, 3.63) is 53.3 Å². The molecule has 1 aliphatic heterocycles. The van der Waals surface area contributed by atoms with E-state index in [9.17, 15) is 4.39 Å². The Bertz CT molecular complexity index is 613. The second-order valence-corrected chi connectivity index (χ2v) is 4.52. The fourth-order valence-corrected chi connectivity index (χ4v) is 2.02. The average Bonchev–Trinajstić information content (AvgIpc) is 2.87. The van der Waals surface area contributed by atoms with Crippen LogP contribution in [0.1, 0.15) is 11.1 Å². The maximum atomic E-state index is 13.6. The lowest BCUT2D eigenvalue weighted by molar-refractivity contribution is 0.174. The van der Waals surface area contributed by atoms with Crippen LogP contribution >= 0.6 is 0 Å². The Morgan fingerprint density at radius 1 is 1.11 bits per heavy atom. The minimum absolute atomic E-state index is 0.244. The molecule has 98 valence electrons. The molecule has 2 aromatic rings. The number of nitrogens with one attached hydrogen (secondary N) is 1. The molecule has 1 N–H and O–H groups in total. The van der Waals surface area contributed by atoms with E-state index < -0.39 is 0 Å². The number of ether oxygens (including phenoxy) is 2. The summed E-state index contributed by atoms with van der Waals surface area (Å²) in [5.41, 5.74) is 2.55. The highest BCUT2D eigenvalue weighted by Gasteiger charge is 2.13. The van der Waals surface area contributed by atoms with Gasteiger partial charge in [0.15, 0.2) is 11.5 Å². The van der Waals surface area contributed by atoms with Crippen molar-refractivity contribution in [3.63, 3.8) is 0 Å². The minimum Gasteiger partial charge on any atom is -0.454 e. The molecule has 0 saturated carbocycles. The van der Waals surface area contributed by atoms with Crippen LogP contribution in [0.15, 0.2) is 36.4 Å². The standard InChI is InChI=1S/C15H14FNO2/c1-10-2-4-12(16)13(6-10)17-8-11-3-5-14-15(7-11)19-9-18-14/h2-7,17H,8-9H2,1H3. The van der Waals surface area contributed by atoms with Crippen molar-refractivity contribution < 1.29 is 13.9 Å². The highest BCUT2D eigenvalue weighted by molar-refractivity contribution is 5.49. The van der Waals surface area contributed by atoms with E-state index in [1.54, 1.807) is 12.1 Å². The SMILES string of the molecule is Cc1ccc(F)c(NCc2ccc3c(c2)OCO3)c1. The van der Waals surface area contributed by atoms with E-state index in [-0.39, 0.29) is 12.6 Å². The van der Waals surface area contributed by atoms with Gasteiger partial charge in [-0.15, -0.1) is 0 Å². The van der Waals surface area contributed by atoms with Crippen LogP contribution in [-0.2, 0) is 6.54 Å². The molecule has 2 aromatic carbocycles. The van der Waals surface area contributed by atoms with E-state index in [0.29, 0.717) is 12.2 Å². The molecule has 0 atom stereocenters. The first-order valence-corrected chi connectivity index (χ1v) is 6.11. The average molecular weight is 259 g/mol. The molecule has 0 aromatic heterocycles. The Balaban J connectivity index is 1.74. The number of halogens is 1. The summed E-state index contributed by atoms with van der Waals surface area (Å²) in [6, 6.07) is 10.7. The van der Waals surface area contributed by atoms with Gasteiger partial charge in [0.1, 0.15) is 5.82 Å². The van der Waals surface area contributed by atoms with Crippen molar-refractivity contribution in [2.45, 2.75) is 13.5 Å². The first-order valence-electron chi connectivity index (χ1n) is 6.11. The molecule has 1 heterocycles. The van der Waals surface area contributed by atoms with Gasteiger partial charge in [-0.05, 0) is 42.3 Å². The largest absolute Gasteiger partial charge is 0.454 e. The summed E-state index contributed by atoms with van der Waals surface area (Å²) in [4.78, 5) is 0. The van der Waals surface area contributed by atoms with Crippen molar-refractivity contribution >= 4 is 5.69 Å². The molecule has 0 radical (unpaired) electrons. The van der Waals surface area contributed by atoms with Crippen LogP contribution in [0, 0.1) is 12.7 Å². The normalized spacial score (nSPS) is 12.5. The molecule has 1 aliphatic rings. The molecule has 3 rings (SSSR count). The zero-order valence-corrected chi connectivity index (χ0v) is 10.6. The van der Waals surface area contributed by atoms with Gasteiger partial charge in [0.25, 0.3) is 0 Å². The topological polar surface area (TPSA) is 30.5 Å². The van der Waals surface area contributed by atoms with E-state index in [2.05, 4.69) is 5.32 Å². The molecule has 0 fully saturated rings. The Morgan fingerprint density at radius 3 is 2.84 bits per heavy atom. The number of fused-ring (bicyclic) bond motifs is 1. The molecule has 0 aliphatic carbocycles. The van der Waals surface area contributed by atoms with Crippen LogP contribution < -0.4 is 14.8 Å². The lowest BCUT2D eigenvalue weighted by Crippen LogP contribution is -2.01. The first-order chi connectivity index (χ1) is 9.22. The zero-order chi connectivity index (χ0) is 13.2. The quantitative estimate of drug-likeness (QED) is 0.915. The van der Waals surface area contributed by atoms with Gasteiger partial charge in [0.05, 0.1) is 5.69 Å². The highest BCUT2D eigenvalue weighted by atomic mass is 19.1. The van der Waals surface area contributed by atoms with Crippen LogP contribution in [0.5, 0.6) is 11.5 Å². The van der Waals surface area contributed by atoms with Crippen molar-refractivity contribution in [3.8, 4) is 11.5 Å². The van der Waals surface area contributed by atoms with Gasteiger partial charge in [0.2, 0.25) is 6.79 Å². The summed E-state index contributed by atoms with van der Waals surface area (Å²) in [6.45, 7) is 2.74. The summed E-state index contributed by atoms with van der Waals surface area (Å²) < 4.78 is 24.1. The molecule has 0 bridgehead atoms. The second-order valence-electron chi connectivity index (χ2n) is 4.52. The third kappa shape index (κ3) is 2.47. The second kappa shape index (κ2) is 4.80. The van der Waals surface area contributed by atoms with E-state index in [4.69, 9.17) is 9.47 Å². The number of aryl methyl sites for hydroxylation is 1. The zero-order valence-electron chi connectivity index (χ0n) is 10.6. The van der Waals surface area contributed by atoms with E-state index >= 15 is 0 Å². The number of hydrogen-bond acceptors (Lipinski definition) is 3. The van der Waals surface area contributed by atoms with E-state index in [0.717, 1.165) is 22.6 Å². The van der Waals surface area contributed by atoms with Crippen LogP contribution in [0.25, 0.3) is 0 Å². The van der Waals surface area contributed by atoms with Gasteiger partial charge in [-0.1, -0.05) is 12.1 Å². The Hall–Kier alpha value is -2.23. The number of anilines is 1. The Kier molecular flexibility index (Phi) is 2.99. The third-order valence-electron chi connectivity index (χ3n) is 3.04. The fourth-order valence-electron chi connectivity index (χ4n) is 2.02. The highest BCUT2D eigenvalue weighted by Crippen LogP contribution is 2.32. The van der Waals surface area contributed by atoms with Crippen LogP contribution in [0.3, 0.4) is 0 Å². The van der Waals surface area contributed by atoms with Crippen molar-refractivity contribution in [2.75, 3.05) is 12.1 Å². The maximum Gasteiger partial charge on any atom is 0.231 e.